The number of rotatable bonds is 6. The summed E-state index contributed by atoms with van der Waals surface area (Å²) in [6.07, 6.45) is 0.594. The molecular formula is C20H18FN5O3. The zero-order valence-electron chi connectivity index (χ0n) is 15.6. The summed E-state index contributed by atoms with van der Waals surface area (Å²) in [7, 11) is 1.59. The van der Waals surface area contributed by atoms with Crippen molar-refractivity contribution >= 4 is 33.4 Å². The minimum Gasteiger partial charge on any atom is -0.493 e. The van der Waals surface area contributed by atoms with Crippen molar-refractivity contribution < 1.29 is 14.2 Å². The van der Waals surface area contributed by atoms with E-state index in [0.29, 0.717) is 41.4 Å². The number of azo groups is 1. The first-order valence-electron chi connectivity index (χ1n) is 8.99. The van der Waals surface area contributed by atoms with Crippen LogP contribution in [0.2, 0.25) is 0 Å². The van der Waals surface area contributed by atoms with Gasteiger partial charge in [0.25, 0.3) is 11.5 Å². The minimum atomic E-state index is -0.439. The van der Waals surface area contributed by atoms with E-state index in [2.05, 4.69) is 20.2 Å². The molecule has 2 heterocycles. The molecule has 0 spiro atoms. The number of nitrogens with zero attached hydrogens (tertiary/aromatic N) is 4. The van der Waals surface area contributed by atoms with Crippen molar-refractivity contribution in [2.75, 3.05) is 13.7 Å². The topological polar surface area (TPSA) is 105 Å². The van der Waals surface area contributed by atoms with Crippen LogP contribution in [-0.2, 0) is 11.3 Å². The third kappa shape index (κ3) is 3.59. The van der Waals surface area contributed by atoms with E-state index in [1.54, 1.807) is 31.4 Å². The Labute approximate surface area is 164 Å². The lowest BCUT2D eigenvalue weighted by Gasteiger charge is -2.09. The van der Waals surface area contributed by atoms with Gasteiger partial charge in [-0.15, -0.1) is 10.2 Å². The molecule has 0 saturated heterocycles. The van der Waals surface area contributed by atoms with Crippen LogP contribution in [0.25, 0.3) is 21.8 Å². The zero-order valence-corrected chi connectivity index (χ0v) is 15.6. The summed E-state index contributed by atoms with van der Waals surface area (Å²) in [4.78, 5) is 20.0. The van der Waals surface area contributed by atoms with Gasteiger partial charge in [-0.2, -0.15) is 0 Å². The highest BCUT2D eigenvalue weighted by molar-refractivity contribution is 5.94. The highest BCUT2D eigenvalue weighted by Crippen LogP contribution is 2.36. The molecule has 148 valence electrons. The standard InChI is InChI=1S/C20H18FN5O3/c1-29-10-4-9-26-19(28)14-5-2-3-6-15(14)23-20(26)25-24-17-13-8-7-12(21)11-16(13)22-18(17)27/h2-3,5-8,11,22,27H,4,9-10H2,1H3. The second-order valence-corrected chi connectivity index (χ2v) is 6.44. The second-order valence-electron chi connectivity index (χ2n) is 6.44. The Kier molecular flexibility index (Phi) is 5.05. The van der Waals surface area contributed by atoms with Crippen LogP contribution in [0, 0.1) is 5.82 Å². The number of hydrogen-bond acceptors (Lipinski definition) is 6. The Morgan fingerprint density at radius 2 is 2.03 bits per heavy atom. The largest absolute Gasteiger partial charge is 0.493 e. The molecule has 0 aliphatic rings. The first kappa shape index (κ1) is 18.8. The number of hydrogen-bond donors (Lipinski definition) is 2. The maximum Gasteiger partial charge on any atom is 0.262 e. The van der Waals surface area contributed by atoms with E-state index in [9.17, 15) is 14.3 Å². The molecule has 0 saturated carbocycles. The van der Waals surface area contributed by atoms with Crippen molar-refractivity contribution in [2.24, 2.45) is 10.2 Å². The Morgan fingerprint density at radius 1 is 1.21 bits per heavy atom. The lowest BCUT2D eigenvalue weighted by atomic mass is 10.2. The molecule has 0 bridgehead atoms. The molecule has 2 aromatic carbocycles. The summed E-state index contributed by atoms with van der Waals surface area (Å²) in [5, 5.41) is 19.4. The van der Waals surface area contributed by atoms with Gasteiger partial charge in [-0.3, -0.25) is 9.36 Å². The smallest absolute Gasteiger partial charge is 0.262 e. The van der Waals surface area contributed by atoms with Crippen LogP contribution in [0.5, 0.6) is 5.88 Å². The van der Waals surface area contributed by atoms with Gasteiger partial charge in [0, 0.05) is 25.6 Å². The van der Waals surface area contributed by atoms with E-state index >= 15 is 0 Å². The molecule has 29 heavy (non-hydrogen) atoms. The van der Waals surface area contributed by atoms with Crippen LogP contribution >= 0.6 is 0 Å². The summed E-state index contributed by atoms with van der Waals surface area (Å²) in [5.74, 6) is -0.575. The van der Waals surface area contributed by atoms with E-state index < -0.39 is 5.82 Å². The average Bonchev–Trinajstić information content (AvgIpc) is 3.02. The van der Waals surface area contributed by atoms with Crippen molar-refractivity contribution in [3.05, 3.63) is 58.6 Å². The van der Waals surface area contributed by atoms with Crippen LogP contribution in [0.4, 0.5) is 16.0 Å². The SMILES string of the molecule is COCCCn1c(N=Nc2c(O)[nH]c3cc(F)ccc23)nc2ccccc2c1=O. The number of para-hydroxylation sites is 1. The summed E-state index contributed by atoms with van der Waals surface area (Å²) >= 11 is 0. The van der Waals surface area contributed by atoms with Crippen molar-refractivity contribution in [1.82, 2.24) is 14.5 Å². The molecule has 8 nitrogen and oxygen atoms in total. The number of aromatic hydroxyl groups is 1. The van der Waals surface area contributed by atoms with E-state index in [-0.39, 0.29) is 23.1 Å². The Hall–Kier alpha value is -3.59. The molecule has 0 aliphatic carbocycles. The number of nitrogens with one attached hydrogen (secondary N) is 1. The molecule has 0 fully saturated rings. The van der Waals surface area contributed by atoms with Gasteiger partial charge in [-0.05, 0) is 36.8 Å². The predicted molar refractivity (Wildman–Crippen MR) is 107 cm³/mol. The van der Waals surface area contributed by atoms with Gasteiger partial charge in [-0.25, -0.2) is 9.37 Å². The first-order chi connectivity index (χ1) is 14.1. The number of halogens is 1. The van der Waals surface area contributed by atoms with Crippen molar-refractivity contribution in [3.63, 3.8) is 0 Å². The summed E-state index contributed by atoms with van der Waals surface area (Å²) in [5.41, 5.74) is 0.803. The van der Waals surface area contributed by atoms with E-state index in [1.165, 1.54) is 22.8 Å². The lowest BCUT2D eigenvalue weighted by Crippen LogP contribution is -2.22. The average molecular weight is 395 g/mol. The van der Waals surface area contributed by atoms with Crippen LogP contribution in [0.15, 0.2) is 57.5 Å². The third-order valence-electron chi connectivity index (χ3n) is 4.53. The third-order valence-corrected chi connectivity index (χ3v) is 4.53. The molecule has 0 atom stereocenters. The van der Waals surface area contributed by atoms with Crippen molar-refractivity contribution in [2.45, 2.75) is 13.0 Å². The quantitative estimate of drug-likeness (QED) is 0.377. The number of fused-ring (bicyclic) bond motifs is 2. The fourth-order valence-electron chi connectivity index (χ4n) is 3.14. The van der Waals surface area contributed by atoms with Gasteiger partial charge in [0.05, 0.1) is 16.4 Å². The summed E-state index contributed by atoms with van der Waals surface area (Å²) < 4.78 is 19.9. The number of aromatic amines is 1. The van der Waals surface area contributed by atoms with E-state index in [0.717, 1.165) is 0 Å². The molecule has 0 radical (unpaired) electrons. The van der Waals surface area contributed by atoms with E-state index in [1.807, 2.05) is 0 Å². The van der Waals surface area contributed by atoms with Gasteiger partial charge in [0.2, 0.25) is 5.88 Å². The number of aromatic nitrogens is 3. The highest BCUT2D eigenvalue weighted by Gasteiger charge is 2.13. The van der Waals surface area contributed by atoms with Gasteiger partial charge in [0.1, 0.15) is 5.82 Å². The van der Waals surface area contributed by atoms with Crippen LogP contribution in [0.3, 0.4) is 0 Å². The van der Waals surface area contributed by atoms with Gasteiger partial charge < -0.3 is 14.8 Å². The fraction of sp³-hybridized carbons (Fsp3) is 0.200. The monoisotopic (exact) mass is 395 g/mol. The van der Waals surface area contributed by atoms with Crippen molar-refractivity contribution in [1.29, 1.82) is 0 Å². The second kappa shape index (κ2) is 7.80. The molecular weight excluding hydrogens is 377 g/mol. The molecule has 9 heteroatoms. The van der Waals surface area contributed by atoms with Crippen molar-refractivity contribution in [3.8, 4) is 5.88 Å². The van der Waals surface area contributed by atoms with Gasteiger partial charge >= 0.3 is 0 Å². The fourth-order valence-corrected chi connectivity index (χ4v) is 3.14. The number of benzene rings is 2. The molecule has 4 aromatic rings. The highest BCUT2D eigenvalue weighted by atomic mass is 19.1. The number of ether oxygens (including phenoxy) is 1. The Bertz CT molecular complexity index is 1280. The molecule has 2 N–H and O–H groups in total. The summed E-state index contributed by atoms with van der Waals surface area (Å²) in [6.45, 7) is 0.828. The summed E-state index contributed by atoms with van der Waals surface area (Å²) in [6, 6.07) is 11.0. The maximum atomic E-state index is 13.4. The van der Waals surface area contributed by atoms with E-state index in [4.69, 9.17) is 4.74 Å². The Balaban J connectivity index is 1.82. The predicted octanol–water partition coefficient (Wildman–Crippen LogP) is 4.17. The molecule has 0 amide bonds. The van der Waals surface area contributed by atoms with Crippen LogP contribution in [-0.4, -0.2) is 33.4 Å². The minimum absolute atomic E-state index is 0.112. The molecule has 0 unspecified atom stereocenters. The molecule has 4 rings (SSSR count). The zero-order chi connectivity index (χ0) is 20.4. The van der Waals surface area contributed by atoms with Crippen LogP contribution in [0.1, 0.15) is 6.42 Å². The molecule has 0 aliphatic heterocycles. The normalized spacial score (nSPS) is 11.8. The number of H-pyrrole nitrogens is 1. The number of methoxy groups -OCH3 is 1. The lowest BCUT2D eigenvalue weighted by molar-refractivity contribution is 0.190. The van der Waals surface area contributed by atoms with Gasteiger partial charge in [0.15, 0.2) is 5.69 Å². The Morgan fingerprint density at radius 3 is 2.86 bits per heavy atom. The first-order valence-corrected chi connectivity index (χ1v) is 8.99. The molecule has 2 aromatic heterocycles. The van der Waals surface area contributed by atoms with Crippen LogP contribution < -0.4 is 5.56 Å². The van der Waals surface area contributed by atoms with Gasteiger partial charge in [-0.1, -0.05) is 12.1 Å². The maximum absolute atomic E-state index is 13.4.